The van der Waals surface area contributed by atoms with E-state index >= 15 is 0 Å². The van der Waals surface area contributed by atoms with Crippen LogP contribution in [0.4, 0.5) is 0 Å². The van der Waals surface area contributed by atoms with Crippen LogP contribution < -0.4 is 5.73 Å². The number of hydrogen-bond acceptors (Lipinski definition) is 3. The number of aromatic nitrogens is 2. The summed E-state index contributed by atoms with van der Waals surface area (Å²) in [4.78, 5) is 22.0. The summed E-state index contributed by atoms with van der Waals surface area (Å²) in [7, 11) is 0. The van der Waals surface area contributed by atoms with Crippen LogP contribution in [0, 0.1) is 11.8 Å². The van der Waals surface area contributed by atoms with E-state index < -0.39 is 0 Å². The molecule has 0 aromatic carbocycles. The molecule has 2 heterocycles. The van der Waals surface area contributed by atoms with Crippen molar-refractivity contribution in [3.05, 3.63) is 18.2 Å². The number of hydrogen-bond donors (Lipinski definition) is 2. The van der Waals surface area contributed by atoms with Crippen LogP contribution in [0.3, 0.4) is 0 Å². The van der Waals surface area contributed by atoms with E-state index in [0.717, 1.165) is 45.2 Å². The van der Waals surface area contributed by atoms with Gasteiger partial charge in [-0.1, -0.05) is 6.42 Å². The number of aromatic amines is 1. The predicted octanol–water partition coefficient (Wildman–Crippen LogP) is 2.33. The van der Waals surface area contributed by atoms with Crippen LogP contribution in [0.2, 0.25) is 0 Å². The predicted molar refractivity (Wildman–Crippen MR) is 91.5 cm³/mol. The molecule has 126 valence electrons. The number of piperidine rings is 1. The largest absolute Gasteiger partial charge is 0.348 e. The van der Waals surface area contributed by atoms with E-state index in [9.17, 15) is 4.79 Å². The number of rotatable bonds is 3. The third-order valence-electron chi connectivity index (χ3n) is 5.04. The fourth-order valence-corrected chi connectivity index (χ4v) is 3.78. The maximum absolute atomic E-state index is 12.6. The number of nitrogens with zero attached hydrogens (tertiary/aromatic N) is 2. The SMILES string of the molecule is Cl.Cl.NC[C@H]1CCC[C@H]1C(=O)N1CCC(c2cnc[nH]2)CC1. The first-order valence-electron chi connectivity index (χ1n) is 7.76. The zero-order valence-corrected chi connectivity index (χ0v) is 14.4. The summed E-state index contributed by atoms with van der Waals surface area (Å²) in [5, 5.41) is 0. The molecular formula is C15H26Cl2N4O. The van der Waals surface area contributed by atoms with Crippen molar-refractivity contribution in [3.8, 4) is 0 Å². The van der Waals surface area contributed by atoms with Crippen molar-refractivity contribution in [1.29, 1.82) is 0 Å². The molecule has 3 N–H and O–H groups in total. The molecule has 1 aliphatic heterocycles. The van der Waals surface area contributed by atoms with Crippen molar-refractivity contribution in [3.63, 3.8) is 0 Å². The van der Waals surface area contributed by atoms with Gasteiger partial charge in [-0.25, -0.2) is 4.98 Å². The Labute approximate surface area is 144 Å². The normalized spacial score (nSPS) is 25.4. The topological polar surface area (TPSA) is 75.0 Å². The first-order valence-corrected chi connectivity index (χ1v) is 7.76. The number of nitrogens with two attached hydrogens (primary N) is 1. The Kier molecular flexibility index (Phi) is 7.66. The second-order valence-corrected chi connectivity index (χ2v) is 6.14. The fourth-order valence-electron chi connectivity index (χ4n) is 3.78. The van der Waals surface area contributed by atoms with Crippen LogP contribution in [0.25, 0.3) is 0 Å². The van der Waals surface area contributed by atoms with Gasteiger partial charge in [-0.05, 0) is 38.1 Å². The summed E-state index contributed by atoms with van der Waals surface area (Å²) in [5.74, 6) is 1.47. The lowest BCUT2D eigenvalue weighted by Gasteiger charge is -2.34. The van der Waals surface area contributed by atoms with Gasteiger partial charge >= 0.3 is 0 Å². The molecule has 1 saturated heterocycles. The maximum atomic E-state index is 12.6. The highest BCUT2D eigenvalue weighted by molar-refractivity contribution is 5.85. The lowest BCUT2D eigenvalue weighted by molar-refractivity contribution is -0.137. The summed E-state index contributed by atoms with van der Waals surface area (Å²) in [6.45, 7) is 2.40. The second-order valence-electron chi connectivity index (χ2n) is 6.14. The van der Waals surface area contributed by atoms with Crippen LogP contribution >= 0.6 is 24.8 Å². The van der Waals surface area contributed by atoms with E-state index in [4.69, 9.17) is 5.73 Å². The van der Waals surface area contributed by atoms with Gasteiger partial charge in [0.15, 0.2) is 0 Å². The van der Waals surface area contributed by atoms with E-state index in [0.29, 0.717) is 24.3 Å². The van der Waals surface area contributed by atoms with Gasteiger partial charge < -0.3 is 15.6 Å². The molecule has 2 atom stereocenters. The van der Waals surface area contributed by atoms with Crippen molar-refractivity contribution in [2.24, 2.45) is 17.6 Å². The number of amides is 1. The highest BCUT2D eigenvalue weighted by Crippen LogP contribution is 2.34. The maximum Gasteiger partial charge on any atom is 0.226 e. The molecule has 5 nitrogen and oxygen atoms in total. The summed E-state index contributed by atoms with van der Waals surface area (Å²) >= 11 is 0. The average Bonchev–Trinajstić information content (AvgIpc) is 3.17. The van der Waals surface area contributed by atoms with E-state index in [1.165, 1.54) is 5.69 Å². The van der Waals surface area contributed by atoms with Crippen molar-refractivity contribution >= 4 is 30.7 Å². The van der Waals surface area contributed by atoms with Gasteiger partial charge in [0.05, 0.1) is 6.33 Å². The van der Waals surface area contributed by atoms with Crippen LogP contribution in [-0.2, 0) is 4.79 Å². The van der Waals surface area contributed by atoms with Gasteiger partial charge in [-0.2, -0.15) is 0 Å². The molecule has 0 radical (unpaired) electrons. The highest BCUT2D eigenvalue weighted by atomic mass is 35.5. The molecule has 1 aromatic rings. The summed E-state index contributed by atoms with van der Waals surface area (Å²) in [6, 6.07) is 0. The van der Waals surface area contributed by atoms with Gasteiger partial charge in [0.2, 0.25) is 5.91 Å². The smallest absolute Gasteiger partial charge is 0.226 e. The third kappa shape index (κ3) is 3.94. The minimum absolute atomic E-state index is 0. The van der Waals surface area contributed by atoms with E-state index in [1.54, 1.807) is 6.33 Å². The number of carbonyl (C=O) groups excluding carboxylic acids is 1. The minimum Gasteiger partial charge on any atom is -0.348 e. The number of nitrogens with one attached hydrogen (secondary N) is 1. The van der Waals surface area contributed by atoms with E-state index in [2.05, 4.69) is 14.9 Å². The Morgan fingerprint density at radius 1 is 1.27 bits per heavy atom. The summed E-state index contributed by atoms with van der Waals surface area (Å²) < 4.78 is 0. The Morgan fingerprint density at radius 3 is 2.59 bits per heavy atom. The average molecular weight is 349 g/mol. The quantitative estimate of drug-likeness (QED) is 0.880. The molecule has 7 heteroatoms. The molecule has 0 unspecified atom stereocenters. The Morgan fingerprint density at radius 2 is 2.00 bits per heavy atom. The van der Waals surface area contributed by atoms with Gasteiger partial charge in [0, 0.05) is 36.8 Å². The number of likely N-dealkylation sites (tertiary alicyclic amines) is 1. The zero-order valence-electron chi connectivity index (χ0n) is 12.7. The molecular weight excluding hydrogens is 323 g/mol. The number of H-pyrrole nitrogens is 1. The minimum atomic E-state index is 0. The fraction of sp³-hybridized carbons (Fsp3) is 0.733. The van der Waals surface area contributed by atoms with Crippen LogP contribution in [0.1, 0.15) is 43.7 Å². The summed E-state index contributed by atoms with van der Waals surface area (Å²) in [5.41, 5.74) is 7.00. The van der Waals surface area contributed by atoms with Gasteiger partial charge in [0.25, 0.3) is 0 Å². The molecule has 1 aromatic heterocycles. The molecule has 2 aliphatic rings. The van der Waals surface area contributed by atoms with Crippen LogP contribution in [0.5, 0.6) is 0 Å². The zero-order chi connectivity index (χ0) is 13.9. The second kappa shape index (κ2) is 8.75. The summed E-state index contributed by atoms with van der Waals surface area (Å²) in [6.07, 6.45) is 9.02. The van der Waals surface area contributed by atoms with Crippen LogP contribution in [0.15, 0.2) is 12.5 Å². The Hall–Kier alpha value is -0.780. The lowest BCUT2D eigenvalue weighted by Crippen LogP contribution is -2.43. The molecule has 22 heavy (non-hydrogen) atoms. The number of halogens is 2. The third-order valence-corrected chi connectivity index (χ3v) is 5.04. The number of imidazole rings is 1. The molecule has 1 amide bonds. The molecule has 3 rings (SSSR count). The van der Waals surface area contributed by atoms with E-state index in [-0.39, 0.29) is 30.7 Å². The first kappa shape index (κ1) is 19.3. The standard InChI is InChI=1S/C15H24N4O.2ClH/c16-8-12-2-1-3-13(12)15(20)19-6-4-11(5-7-19)14-9-17-10-18-14;;/h9-13H,1-8,16H2,(H,17,18);2*1H/t12-,13-;;/m1../s1. The van der Waals surface area contributed by atoms with E-state index in [1.807, 2.05) is 6.20 Å². The van der Waals surface area contributed by atoms with Crippen molar-refractivity contribution < 1.29 is 4.79 Å². The molecule has 0 spiro atoms. The van der Waals surface area contributed by atoms with Gasteiger partial charge in [0.1, 0.15) is 0 Å². The first-order chi connectivity index (χ1) is 9.79. The number of carbonyl (C=O) groups is 1. The molecule has 1 saturated carbocycles. The van der Waals surface area contributed by atoms with Crippen LogP contribution in [-0.4, -0.2) is 40.4 Å². The lowest BCUT2D eigenvalue weighted by atomic mass is 9.90. The molecule has 2 fully saturated rings. The Balaban J connectivity index is 0.00000121. The van der Waals surface area contributed by atoms with Crippen molar-refractivity contribution in [2.75, 3.05) is 19.6 Å². The monoisotopic (exact) mass is 348 g/mol. The van der Waals surface area contributed by atoms with Gasteiger partial charge in [-0.15, -0.1) is 24.8 Å². The highest BCUT2D eigenvalue weighted by Gasteiger charge is 2.36. The van der Waals surface area contributed by atoms with Crippen molar-refractivity contribution in [2.45, 2.75) is 38.0 Å². The van der Waals surface area contributed by atoms with Gasteiger partial charge in [-0.3, -0.25) is 4.79 Å². The van der Waals surface area contributed by atoms with Crippen molar-refractivity contribution in [1.82, 2.24) is 14.9 Å². The molecule has 1 aliphatic carbocycles. The molecule has 0 bridgehead atoms. The Bertz CT molecular complexity index is 446.